The van der Waals surface area contributed by atoms with Gasteiger partial charge in [-0.2, -0.15) is 0 Å². The molecule has 2 aromatic carbocycles. The quantitative estimate of drug-likeness (QED) is 0.197. The van der Waals surface area contributed by atoms with Crippen molar-refractivity contribution >= 4 is 38.8 Å². The summed E-state index contributed by atoms with van der Waals surface area (Å²) in [6.07, 6.45) is 0.139. The summed E-state index contributed by atoms with van der Waals surface area (Å²) in [5, 5.41) is 13.6. The molecule has 10 heteroatoms. The molecule has 10 nitrogen and oxygen atoms in total. The normalized spacial score (nSPS) is 16.7. The van der Waals surface area contributed by atoms with Crippen molar-refractivity contribution in [3.8, 4) is 17.1 Å². The van der Waals surface area contributed by atoms with Crippen LogP contribution in [0.15, 0.2) is 79.1 Å². The number of methoxy groups -OCH3 is 1. The molecule has 228 valence electrons. The minimum Gasteiger partial charge on any atom is -0.492 e. The maximum Gasteiger partial charge on any atom is 0.343 e. The van der Waals surface area contributed by atoms with Crippen LogP contribution in [0.2, 0.25) is 0 Å². The van der Waals surface area contributed by atoms with Crippen molar-refractivity contribution in [3.05, 3.63) is 104 Å². The first-order valence-electron chi connectivity index (χ1n) is 14.7. The Balaban J connectivity index is 0.000000152. The molecule has 2 aliphatic heterocycles. The molecule has 1 atom stereocenters. The molecule has 4 aromatic heterocycles. The maximum absolute atomic E-state index is 13.0. The zero-order valence-electron chi connectivity index (χ0n) is 25.2. The molecule has 0 saturated heterocycles. The third kappa shape index (κ3) is 4.43. The highest BCUT2D eigenvalue weighted by atomic mass is 16.6. The highest BCUT2D eigenvalue weighted by Gasteiger charge is 2.45. The van der Waals surface area contributed by atoms with Crippen LogP contribution in [0.1, 0.15) is 55.6 Å². The Morgan fingerprint density at radius 2 is 1.80 bits per heavy atom. The van der Waals surface area contributed by atoms with E-state index in [1.54, 1.807) is 36.8 Å². The van der Waals surface area contributed by atoms with Gasteiger partial charge in [-0.25, -0.2) is 14.6 Å². The van der Waals surface area contributed by atoms with Gasteiger partial charge in [-0.3, -0.25) is 4.79 Å². The number of benzene rings is 2. The van der Waals surface area contributed by atoms with E-state index in [-0.39, 0.29) is 30.1 Å². The van der Waals surface area contributed by atoms with Gasteiger partial charge < -0.3 is 28.0 Å². The lowest BCUT2D eigenvalue weighted by molar-refractivity contribution is -0.172. The van der Waals surface area contributed by atoms with Gasteiger partial charge in [-0.1, -0.05) is 39.0 Å². The Kier molecular flexibility index (Phi) is 6.63. The number of carbonyl (C=O) groups is 1. The van der Waals surface area contributed by atoms with Gasteiger partial charge in [0.15, 0.2) is 11.4 Å². The van der Waals surface area contributed by atoms with Crippen molar-refractivity contribution in [2.75, 3.05) is 7.11 Å². The standard InChI is InChI=1S/C20H16N2O4.C15H14O4/c1-2-20(25)14-8-16-17-12(7-11-5-3-4-6-15(11)21-17)9-22(16)18(23)13(14)10-26-19(20)24;1-8(2)14-15(17-3)10-6-9-4-5-13(16)18-11(9)7-12(10)19-14/h3-8,25H,2,9-10H2,1H3;4-8H,1-3H3. The molecule has 0 amide bonds. The first-order chi connectivity index (χ1) is 21.6. The fourth-order valence-electron chi connectivity index (χ4n) is 6.17. The molecule has 0 radical (unpaired) electrons. The summed E-state index contributed by atoms with van der Waals surface area (Å²) in [5.74, 6) is 1.06. The van der Waals surface area contributed by atoms with Crippen molar-refractivity contribution in [3.63, 3.8) is 0 Å². The van der Waals surface area contributed by atoms with Gasteiger partial charge in [0.2, 0.25) is 0 Å². The Morgan fingerprint density at radius 1 is 1.00 bits per heavy atom. The van der Waals surface area contributed by atoms with E-state index in [9.17, 15) is 19.5 Å². The highest BCUT2D eigenvalue weighted by molar-refractivity contribution is 5.97. The number of rotatable bonds is 3. The molecule has 45 heavy (non-hydrogen) atoms. The van der Waals surface area contributed by atoms with Gasteiger partial charge >= 0.3 is 11.6 Å². The zero-order chi connectivity index (χ0) is 31.6. The van der Waals surface area contributed by atoms with Crippen molar-refractivity contribution < 1.29 is 28.2 Å². The SMILES string of the molecule is CCC1(O)C(=O)OCc2c1cc1n(c2=O)Cc2cc3ccccc3nc2-1.COc1c(C(C)C)oc2cc3oc(=O)ccc3cc12. The van der Waals surface area contributed by atoms with Crippen molar-refractivity contribution in [2.45, 2.75) is 51.9 Å². The molecule has 0 aliphatic carbocycles. The number of fused-ring (bicyclic) bond motifs is 7. The number of para-hydroxylation sites is 1. The van der Waals surface area contributed by atoms with Crippen LogP contribution >= 0.6 is 0 Å². The average Bonchev–Trinajstić information content (AvgIpc) is 3.58. The van der Waals surface area contributed by atoms with E-state index in [0.717, 1.165) is 44.4 Å². The number of esters is 1. The van der Waals surface area contributed by atoms with Gasteiger partial charge in [0.1, 0.15) is 23.5 Å². The highest BCUT2D eigenvalue weighted by Crippen LogP contribution is 2.40. The number of aromatic nitrogens is 2. The first-order valence-corrected chi connectivity index (χ1v) is 14.7. The van der Waals surface area contributed by atoms with E-state index >= 15 is 0 Å². The van der Waals surface area contributed by atoms with E-state index < -0.39 is 11.6 Å². The molecule has 8 rings (SSSR count). The predicted molar refractivity (Wildman–Crippen MR) is 167 cm³/mol. The van der Waals surface area contributed by atoms with Gasteiger partial charge in [0.05, 0.1) is 41.5 Å². The van der Waals surface area contributed by atoms with Crippen LogP contribution in [0.25, 0.3) is 44.2 Å². The largest absolute Gasteiger partial charge is 0.492 e. The lowest BCUT2D eigenvalue weighted by Gasteiger charge is -2.31. The summed E-state index contributed by atoms with van der Waals surface area (Å²) in [5.41, 5.74) is 2.64. The van der Waals surface area contributed by atoms with E-state index in [0.29, 0.717) is 34.5 Å². The van der Waals surface area contributed by atoms with Gasteiger partial charge in [-0.15, -0.1) is 0 Å². The Hall–Kier alpha value is -5.22. The summed E-state index contributed by atoms with van der Waals surface area (Å²) >= 11 is 0. The van der Waals surface area contributed by atoms with Crippen LogP contribution in [0.4, 0.5) is 0 Å². The predicted octanol–water partition coefficient (Wildman–Crippen LogP) is 5.75. The van der Waals surface area contributed by atoms with E-state index in [1.165, 1.54) is 6.07 Å². The number of cyclic esters (lactones) is 1. The second kappa shape index (κ2) is 10.4. The second-order valence-electron chi connectivity index (χ2n) is 11.6. The monoisotopic (exact) mass is 606 g/mol. The minimum absolute atomic E-state index is 0.110. The van der Waals surface area contributed by atoms with Crippen LogP contribution in [-0.2, 0) is 28.3 Å². The maximum atomic E-state index is 13.0. The van der Waals surface area contributed by atoms with Crippen molar-refractivity contribution in [1.82, 2.24) is 9.55 Å². The summed E-state index contributed by atoms with van der Waals surface area (Å²) in [7, 11) is 1.63. The van der Waals surface area contributed by atoms with Gasteiger partial charge in [0, 0.05) is 39.9 Å². The number of ether oxygens (including phenoxy) is 2. The molecule has 0 bridgehead atoms. The van der Waals surface area contributed by atoms with Gasteiger partial charge in [0.25, 0.3) is 5.56 Å². The Bertz CT molecular complexity index is 2290. The molecular formula is C35H30N2O8. The molecule has 0 fully saturated rings. The van der Waals surface area contributed by atoms with Crippen LogP contribution < -0.4 is 15.9 Å². The summed E-state index contributed by atoms with van der Waals surface area (Å²) in [6.45, 7) is 6.09. The molecule has 6 aromatic rings. The fourth-order valence-corrected chi connectivity index (χ4v) is 6.17. The number of nitrogens with zero attached hydrogens (tertiary/aromatic N) is 2. The zero-order valence-corrected chi connectivity index (χ0v) is 25.2. The smallest absolute Gasteiger partial charge is 0.343 e. The number of furan rings is 1. The van der Waals surface area contributed by atoms with Crippen LogP contribution in [0, 0.1) is 0 Å². The van der Waals surface area contributed by atoms with Crippen LogP contribution in [0.5, 0.6) is 5.75 Å². The fraction of sp³-hybridized carbons (Fsp3) is 0.257. The van der Waals surface area contributed by atoms with E-state index in [4.69, 9.17) is 23.3 Å². The summed E-state index contributed by atoms with van der Waals surface area (Å²) in [4.78, 5) is 41.1. The Labute approximate surface area is 256 Å². The molecule has 1 unspecified atom stereocenters. The molecule has 0 saturated carbocycles. The topological polar surface area (TPSA) is 134 Å². The molecular weight excluding hydrogens is 576 g/mol. The number of hydrogen-bond donors (Lipinski definition) is 1. The first kappa shape index (κ1) is 28.5. The molecule has 0 spiro atoms. The van der Waals surface area contributed by atoms with Crippen molar-refractivity contribution in [1.29, 1.82) is 0 Å². The number of carbonyl (C=O) groups excluding carboxylic acids is 1. The average molecular weight is 607 g/mol. The Morgan fingerprint density at radius 3 is 2.56 bits per heavy atom. The number of pyridine rings is 2. The summed E-state index contributed by atoms with van der Waals surface area (Å²) in [6, 6.07) is 18.4. The van der Waals surface area contributed by atoms with E-state index in [2.05, 4.69) is 0 Å². The third-order valence-corrected chi connectivity index (χ3v) is 8.56. The lowest BCUT2D eigenvalue weighted by atomic mass is 9.86. The third-order valence-electron chi connectivity index (χ3n) is 8.56. The lowest BCUT2D eigenvalue weighted by Crippen LogP contribution is -2.44. The minimum atomic E-state index is -1.79. The number of hydrogen-bond acceptors (Lipinski definition) is 9. The second-order valence-corrected chi connectivity index (χ2v) is 11.6. The number of aliphatic hydroxyl groups is 1. The van der Waals surface area contributed by atoms with E-state index in [1.807, 2.05) is 50.2 Å². The van der Waals surface area contributed by atoms with Crippen LogP contribution in [0.3, 0.4) is 0 Å². The molecule has 2 aliphatic rings. The summed E-state index contributed by atoms with van der Waals surface area (Å²) < 4.78 is 23.1. The van der Waals surface area contributed by atoms with Crippen molar-refractivity contribution in [2.24, 2.45) is 0 Å². The van der Waals surface area contributed by atoms with Crippen LogP contribution in [-0.4, -0.2) is 27.7 Å². The molecule has 1 N–H and O–H groups in total. The molecule has 6 heterocycles. The van der Waals surface area contributed by atoms with Gasteiger partial charge in [-0.05, 0) is 36.8 Å².